The number of aryl methyl sites for hydroxylation is 4. The minimum Gasteiger partial charge on any atom is -0.346 e. The number of sulfonamides is 1. The van der Waals surface area contributed by atoms with Crippen molar-refractivity contribution in [2.24, 2.45) is 0 Å². The third kappa shape index (κ3) is 5.52. The quantitative estimate of drug-likeness (QED) is 0.557. The maximum atomic E-state index is 13.1. The molecule has 0 bridgehead atoms. The van der Waals surface area contributed by atoms with Gasteiger partial charge in [-0.1, -0.05) is 42.0 Å². The third-order valence-corrected chi connectivity index (χ3v) is 6.66. The molecule has 0 spiro atoms. The highest BCUT2D eigenvalue weighted by Gasteiger charge is 2.20. The van der Waals surface area contributed by atoms with Crippen molar-refractivity contribution in [3.8, 4) is 0 Å². The number of nitrogens with one attached hydrogen (secondary N) is 2. The lowest BCUT2D eigenvalue weighted by atomic mass is 10.1. The van der Waals surface area contributed by atoms with Crippen LogP contribution in [0.3, 0.4) is 0 Å². The SMILES string of the molecule is Cc1ccc(C(C)NC(=O)c2ccc(C)c(S(=O)(=O)Nc3cc(C)cc(C)c3)c2)cc1. The van der Waals surface area contributed by atoms with E-state index in [0.29, 0.717) is 16.8 Å². The monoisotopic (exact) mass is 436 g/mol. The van der Waals surface area contributed by atoms with Crippen molar-refractivity contribution in [1.82, 2.24) is 5.32 Å². The van der Waals surface area contributed by atoms with Crippen LogP contribution in [-0.4, -0.2) is 14.3 Å². The fourth-order valence-corrected chi connectivity index (χ4v) is 4.81. The highest BCUT2D eigenvalue weighted by atomic mass is 32.2. The molecule has 31 heavy (non-hydrogen) atoms. The first-order valence-corrected chi connectivity index (χ1v) is 11.6. The zero-order valence-electron chi connectivity index (χ0n) is 18.5. The summed E-state index contributed by atoms with van der Waals surface area (Å²) in [5.74, 6) is -0.323. The smallest absolute Gasteiger partial charge is 0.262 e. The topological polar surface area (TPSA) is 75.3 Å². The molecule has 0 heterocycles. The Hall–Kier alpha value is -3.12. The number of hydrogen-bond donors (Lipinski definition) is 2. The summed E-state index contributed by atoms with van der Waals surface area (Å²) in [6, 6.07) is 18.0. The molecule has 0 saturated heterocycles. The number of amides is 1. The van der Waals surface area contributed by atoms with Gasteiger partial charge in [-0.15, -0.1) is 0 Å². The van der Waals surface area contributed by atoms with Gasteiger partial charge < -0.3 is 5.32 Å². The summed E-state index contributed by atoms with van der Waals surface area (Å²) in [5, 5.41) is 2.94. The van der Waals surface area contributed by atoms with Gasteiger partial charge in [-0.3, -0.25) is 9.52 Å². The van der Waals surface area contributed by atoms with E-state index in [1.165, 1.54) is 6.07 Å². The molecule has 0 aliphatic rings. The summed E-state index contributed by atoms with van der Waals surface area (Å²) in [4.78, 5) is 12.9. The molecule has 3 aromatic carbocycles. The zero-order chi connectivity index (χ0) is 22.8. The van der Waals surface area contributed by atoms with Gasteiger partial charge in [0.1, 0.15) is 0 Å². The molecule has 0 fully saturated rings. The third-order valence-electron chi connectivity index (χ3n) is 5.14. The Morgan fingerprint density at radius 2 is 1.42 bits per heavy atom. The van der Waals surface area contributed by atoms with Gasteiger partial charge in [0.05, 0.1) is 10.9 Å². The lowest BCUT2D eigenvalue weighted by Crippen LogP contribution is -2.27. The summed E-state index contributed by atoms with van der Waals surface area (Å²) >= 11 is 0. The second-order valence-corrected chi connectivity index (χ2v) is 9.72. The second kappa shape index (κ2) is 8.94. The molecule has 0 saturated carbocycles. The van der Waals surface area contributed by atoms with Gasteiger partial charge in [-0.2, -0.15) is 0 Å². The van der Waals surface area contributed by atoms with Crippen molar-refractivity contribution in [3.63, 3.8) is 0 Å². The first kappa shape index (κ1) is 22.6. The van der Waals surface area contributed by atoms with E-state index >= 15 is 0 Å². The molecule has 1 atom stereocenters. The summed E-state index contributed by atoms with van der Waals surface area (Å²) < 4.78 is 28.7. The lowest BCUT2D eigenvalue weighted by Gasteiger charge is -2.16. The van der Waals surface area contributed by atoms with E-state index in [1.54, 1.807) is 31.2 Å². The zero-order valence-corrected chi connectivity index (χ0v) is 19.3. The second-order valence-electron chi connectivity index (χ2n) is 8.07. The van der Waals surface area contributed by atoms with E-state index in [2.05, 4.69) is 10.0 Å². The van der Waals surface area contributed by atoms with Crippen LogP contribution in [-0.2, 0) is 10.0 Å². The first-order valence-electron chi connectivity index (χ1n) is 10.1. The lowest BCUT2D eigenvalue weighted by molar-refractivity contribution is 0.0939. The van der Waals surface area contributed by atoms with E-state index in [-0.39, 0.29) is 16.8 Å². The van der Waals surface area contributed by atoms with Crippen molar-refractivity contribution < 1.29 is 13.2 Å². The van der Waals surface area contributed by atoms with Crippen LogP contribution in [0.4, 0.5) is 5.69 Å². The summed E-state index contributed by atoms with van der Waals surface area (Å²) in [5.41, 5.74) is 5.42. The fourth-order valence-electron chi connectivity index (χ4n) is 3.49. The van der Waals surface area contributed by atoms with E-state index in [4.69, 9.17) is 0 Å². The summed E-state index contributed by atoms with van der Waals surface area (Å²) in [6.07, 6.45) is 0. The van der Waals surface area contributed by atoms with Gasteiger partial charge in [-0.05, 0) is 81.1 Å². The molecule has 2 N–H and O–H groups in total. The van der Waals surface area contributed by atoms with Gasteiger partial charge >= 0.3 is 0 Å². The normalized spacial score (nSPS) is 12.3. The highest BCUT2D eigenvalue weighted by Crippen LogP contribution is 2.23. The van der Waals surface area contributed by atoms with Crippen LogP contribution in [0, 0.1) is 27.7 Å². The van der Waals surface area contributed by atoms with Crippen LogP contribution in [0.25, 0.3) is 0 Å². The molecule has 3 aromatic rings. The minimum absolute atomic E-state index is 0.0855. The molecular weight excluding hydrogens is 408 g/mol. The van der Waals surface area contributed by atoms with Gasteiger partial charge in [0, 0.05) is 11.3 Å². The number of hydrogen-bond acceptors (Lipinski definition) is 3. The molecule has 0 aromatic heterocycles. The van der Waals surface area contributed by atoms with Gasteiger partial charge in [0.2, 0.25) is 0 Å². The Morgan fingerprint density at radius 3 is 2.03 bits per heavy atom. The summed E-state index contributed by atoms with van der Waals surface area (Å²) in [6.45, 7) is 9.45. The van der Waals surface area contributed by atoms with Crippen molar-refractivity contribution in [2.75, 3.05) is 4.72 Å². The van der Waals surface area contributed by atoms with Crippen LogP contribution in [0.1, 0.15) is 51.1 Å². The maximum absolute atomic E-state index is 13.1. The number of carbonyl (C=O) groups excluding carboxylic acids is 1. The van der Waals surface area contributed by atoms with Crippen molar-refractivity contribution >= 4 is 21.6 Å². The molecule has 5 nitrogen and oxygen atoms in total. The first-order chi connectivity index (χ1) is 14.5. The van der Waals surface area contributed by atoms with Gasteiger partial charge in [0.15, 0.2) is 0 Å². The molecular formula is C25H28N2O3S. The van der Waals surface area contributed by atoms with Gasteiger partial charge in [-0.25, -0.2) is 8.42 Å². The largest absolute Gasteiger partial charge is 0.346 e. The van der Waals surface area contributed by atoms with Crippen LogP contribution in [0.2, 0.25) is 0 Å². The van der Waals surface area contributed by atoms with Crippen LogP contribution >= 0.6 is 0 Å². The fraction of sp³-hybridized carbons (Fsp3) is 0.240. The predicted octanol–water partition coefficient (Wildman–Crippen LogP) is 5.21. The number of rotatable bonds is 6. The molecule has 162 valence electrons. The minimum atomic E-state index is -3.85. The van der Waals surface area contributed by atoms with E-state index in [0.717, 1.165) is 22.3 Å². The molecule has 1 unspecified atom stereocenters. The Kier molecular flexibility index (Phi) is 6.51. The van der Waals surface area contributed by atoms with Crippen LogP contribution in [0.5, 0.6) is 0 Å². The van der Waals surface area contributed by atoms with E-state index in [1.807, 2.05) is 58.0 Å². The Morgan fingerprint density at radius 1 is 0.806 bits per heavy atom. The number of benzene rings is 3. The van der Waals surface area contributed by atoms with Crippen molar-refractivity contribution in [2.45, 2.75) is 45.6 Å². The Balaban J connectivity index is 1.84. The molecule has 0 aliphatic carbocycles. The Bertz CT molecular complexity index is 1200. The average molecular weight is 437 g/mol. The van der Waals surface area contributed by atoms with E-state index in [9.17, 15) is 13.2 Å². The molecule has 0 aliphatic heterocycles. The van der Waals surface area contributed by atoms with Gasteiger partial charge in [0.25, 0.3) is 15.9 Å². The predicted molar refractivity (Wildman–Crippen MR) is 125 cm³/mol. The Labute approximate surface area is 184 Å². The molecule has 6 heteroatoms. The summed E-state index contributed by atoms with van der Waals surface area (Å²) in [7, 11) is -3.85. The standard InChI is InChI=1S/C25H28N2O3S/c1-16-6-9-21(10-7-16)20(5)26-25(28)22-11-8-19(4)24(15-22)31(29,30)27-23-13-17(2)12-18(3)14-23/h6-15,20,27H,1-5H3,(H,26,28). The number of carbonyl (C=O) groups is 1. The highest BCUT2D eigenvalue weighted by molar-refractivity contribution is 7.92. The number of anilines is 1. The molecule has 0 radical (unpaired) electrons. The van der Waals surface area contributed by atoms with E-state index < -0.39 is 10.0 Å². The maximum Gasteiger partial charge on any atom is 0.262 e. The van der Waals surface area contributed by atoms with Crippen molar-refractivity contribution in [1.29, 1.82) is 0 Å². The molecule has 1 amide bonds. The molecule has 3 rings (SSSR count). The van der Waals surface area contributed by atoms with Crippen LogP contribution in [0.15, 0.2) is 65.6 Å². The van der Waals surface area contributed by atoms with Crippen molar-refractivity contribution in [3.05, 3.63) is 94.0 Å². The average Bonchev–Trinajstić information content (AvgIpc) is 2.67. The van der Waals surface area contributed by atoms with Crippen LogP contribution < -0.4 is 10.0 Å².